The lowest BCUT2D eigenvalue weighted by atomic mass is 10.0. The maximum absolute atomic E-state index is 12.5. The highest BCUT2D eigenvalue weighted by Gasteiger charge is 2.29. The lowest BCUT2D eigenvalue weighted by Crippen LogP contribution is -2.43. The quantitative estimate of drug-likeness (QED) is 0.578. The minimum absolute atomic E-state index is 0.0132. The molecule has 0 radical (unpaired) electrons. The number of nitrogens with zero attached hydrogens (tertiary/aromatic N) is 1. The molecule has 1 amide bonds. The molecule has 0 bridgehead atoms. The van der Waals surface area contributed by atoms with Gasteiger partial charge in [0.15, 0.2) is 18.1 Å². The van der Waals surface area contributed by atoms with E-state index in [-0.39, 0.29) is 29.9 Å². The van der Waals surface area contributed by atoms with Gasteiger partial charge in [-0.3, -0.25) is 9.69 Å². The second-order valence-electron chi connectivity index (χ2n) is 7.77. The Kier molecular flexibility index (Phi) is 8.96. The fraction of sp³-hybridized carbons (Fsp3) is 0.458. The molecule has 0 spiro atoms. The van der Waals surface area contributed by atoms with Gasteiger partial charge < -0.3 is 19.5 Å². The Bertz CT molecular complexity index is 887. The van der Waals surface area contributed by atoms with E-state index in [9.17, 15) is 18.0 Å². The van der Waals surface area contributed by atoms with Crippen LogP contribution in [0.5, 0.6) is 11.5 Å². The molecule has 1 N–H and O–H groups in total. The van der Waals surface area contributed by atoms with Crippen molar-refractivity contribution in [3.05, 3.63) is 59.7 Å². The summed E-state index contributed by atoms with van der Waals surface area (Å²) in [5, 5.41) is 3.02. The molecule has 1 aliphatic heterocycles. The van der Waals surface area contributed by atoms with Gasteiger partial charge in [-0.15, -0.1) is 0 Å². The van der Waals surface area contributed by atoms with Crippen LogP contribution >= 0.6 is 0 Å². The number of rotatable bonds is 10. The number of ether oxygens (including phenoxy) is 3. The molecule has 2 aromatic rings. The summed E-state index contributed by atoms with van der Waals surface area (Å²) in [6.45, 7) is 2.03. The first-order valence-electron chi connectivity index (χ1n) is 10.9. The zero-order chi connectivity index (χ0) is 23.7. The second-order valence-corrected chi connectivity index (χ2v) is 7.77. The topological polar surface area (TPSA) is 60.0 Å². The van der Waals surface area contributed by atoms with Crippen LogP contribution in [0.3, 0.4) is 0 Å². The third-order valence-electron chi connectivity index (χ3n) is 5.42. The highest BCUT2D eigenvalue weighted by Crippen LogP contribution is 2.30. The second kappa shape index (κ2) is 11.9. The van der Waals surface area contributed by atoms with E-state index in [0.717, 1.165) is 24.2 Å². The molecule has 1 saturated heterocycles. The number of amides is 1. The van der Waals surface area contributed by atoms with Crippen molar-refractivity contribution < 1.29 is 32.2 Å². The van der Waals surface area contributed by atoms with Gasteiger partial charge in [0.05, 0.1) is 26.4 Å². The SMILES string of the molecule is COc1cc(CCC(=O)NCC(c2ccccc2)N2CCOCC2)ccc1OCC(F)(F)F. The van der Waals surface area contributed by atoms with Crippen molar-refractivity contribution in [2.45, 2.75) is 25.1 Å². The van der Waals surface area contributed by atoms with Crippen LogP contribution in [0.2, 0.25) is 0 Å². The molecule has 1 aliphatic rings. The summed E-state index contributed by atoms with van der Waals surface area (Å²) >= 11 is 0. The molecule has 33 heavy (non-hydrogen) atoms. The maximum atomic E-state index is 12.5. The number of benzene rings is 2. The molecule has 0 aliphatic carbocycles. The van der Waals surface area contributed by atoms with Gasteiger partial charge in [-0.25, -0.2) is 0 Å². The van der Waals surface area contributed by atoms with Crippen molar-refractivity contribution in [2.75, 3.05) is 46.6 Å². The lowest BCUT2D eigenvalue weighted by molar-refractivity contribution is -0.153. The van der Waals surface area contributed by atoms with Crippen molar-refractivity contribution in [1.29, 1.82) is 0 Å². The smallest absolute Gasteiger partial charge is 0.422 e. The monoisotopic (exact) mass is 466 g/mol. The Balaban J connectivity index is 1.54. The van der Waals surface area contributed by atoms with Crippen LogP contribution in [0.4, 0.5) is 13.2 Å². The fourth-order valence-corrected chi connectivity index (χ4v) is 3.73. The van der Waals surface area contributed by atoms with Gasteiger partial charge in [0, 0.05) is 26.1 Å². The molecule has 1 unspecified atom stereocenters. The average Bonchev–Trinajstić information content (AvgIpc) is 2.82. The highest BCUT2D eigenvalue weighted by molar-refractivity contribution is 5.76. The fourth-order valence-electron chi connectivity index (χ4n) is 3.73. The van der Waals surface area contributed by atoms with Gasteiger partial charge in [-0.2, -0.15) is 13.2 Å². The predicted octanol–water partition coefficient (Wildman–Crippen LogP) is 3.76. The van der Waals surface area contributed by atoms with Crippen LogP contribution < -0.4 is 14.8 Å². The van der Waals surface area contributed by atoms with Crippen LogP contribution in [-0.2, 0) is 16.0 Å². The molecular formula is C24H29F3N2O4. The number of carbonyl (C=O) groups excluding carboxylic acids is 1. The van der Waals surface area contributed by atoms with Crippen molar-refractivity contribution in [1.82, 2.24) is 10.2 Å². The van der Waals surface area contributed by atoms with Crippen molar-refractivity contribution in [2.24, 2.45) is 0 Å². The number of halogens is 3. The van der Waals surface area contributed by atoms with Gasteiger partial charge in [-0.05, 0) is 29.7 Å². The number of methoxy groups -OCH3 is 1. The van der Waals surface area contributed by atoms with Crippen LogP contribution in [0.1, 0.15) is 23.6 Å². The molecule has 1 heterocycles. The minimum atomic E-state index is -4.43. The molecule has 180 valence electrons. The summed E-state index contributed by atoms with van der Waals surface area (Å²) in [6, 6.07) is 14.8. The average molecular weight is 467 g/mol. The standard InChI is InChI=1S/C24H29F3N2O4/c1-31-22-15-18(7-9-21(22)33-17-24(25,26)27)8-10-23(30)28-16-20(19-5-3-2-4-6-19)29-11-13-32-14-12-29/h2-7,9,15,20H,8,10-14,16-17H2,1H3,(H,28,30). The van der Waals surface area contributed by atoms with Gasteiger partial charge >= 0.3 is 6.18 Å². The van der Waals surface area contributed by atoms with Crippen LogP contribution in [0, 0.1) is 0 Å². The van der Waals surface area contributed by atoms with E-state index in [1.807, 2.05) is 18.2 Å². The van der Waals surface area contributed by atoms with Gasteiger partial charge in [0.1, 0.15) is 0 Å². The molecule has 3 rings (SSSR count). The molecule has 9 heteroatoms. The predicted molar refractivity (Wildman–Crippen MR) is 117 cm³/mol. The number of hydrogen-bond donors (Lipinski definition) is 1. The van der Waals surface area contributed by atoms with Crippen molar-refractivity contribution in [3.63, 3.8) is 0 Å². The summed E-state index contributed by atoms with van der Waals surface area (Å²) in [5.41, 5.74) is 1.91. The molecule has 6 nitrogen and oxygen atoms in total. The molecular weight excluding hydrogens is 437 g/mol. The Morgan fingerprint density at radius 2 is 1.85 bits per heavy atom. The van der Waals surface area contributed by atoms with Crippen molar-refractivity contribution in [3.8, 4) is 11.5 Å². The first-order valence-corrected chi connectivity index (χ1v) is 10.9. The Hall–Kier alpha value is -2.78. The zero-order valence-corrected chi connectivity index (χ0v) is 18.6. The number of hydrogen-bond acceptors (Lipinski definition) is 5. The molecule has 1 fully saturated rings. The molecule has 0 saturated carbocycles. The van der Waals surface area contributed by atoms with Gasteiger partial charge in [0.2, 0.25) is 5.91 Å². The zero-order valence-electron chi connectivity index (χ0n) is 18.6. The Morgan fingerprint density at radius 3 is 2.52 bits per heavy atom. The van der Waals surface area contributed by atoms with E-state index in [1.165, 1.54) is 13.2 Å². The number of aryl methyl sites for hydroxylation is 1. The number of nitrogens with one attached hydrogen (secondary N) is 1. The van der Waals surface area contributed by atoms with Gasteiger partial charge in [-0.1, -0.05) is 36.4 Å². The molecule has 0 aromatic heterocycles. The van der Waals surface area contributed by atoms with Crippen molar-refractivity contribution >= 4 is 5.91 Å². The Morgan fingerprint density at radius 1 is 1.12 bits per heavy atom. The normalized spacial score (nSPS) is 15.6. The van der Waals surface area contributed by atoms with E-state index in [4.69, 9.17) is 14.2 Å². The summed E-state index contributed by atoms with van der Waals surface area (Å²) in [7, 11) is 1.36. The van der Waals surface area contributed by atoms with E-state index < -0.39 is 12.8 Å². The van der Waals surface area contributed by atoms with Crippen LogP contribution in [-0.4, -0.2) is 63.5 Å². The number of alkyl halides is 3. The summed E-state index contributed by atoms with van der Waals surface area (Å²) in [5.74, 6) is 0.119. The van der Waals surface area contributed by atoms with E-state index >= 15 is 0 Å². The largest absolute Gasteiger partial charge is 0.493 e. The highest BCUT2D eigenvalue weighted by atomic mass is 19.4. The van der Waals surface area contributed by atoms with E-state index in [0.29, 0.717) is 26.2 Å². The Labute approximate surface area is 191 Å². The summed E-state index contributed by atoms with van der Waals surface area (Å²) < 4.78 is 52.6. The number of carbonyl (C=O) groups is 1. The summed E-state index contributed by atoms with van der Waals surface area (Å²) in [6.07, 6.45) is -3.76. The van der Waals surface area contributed by atoms with E-state index in [2.05, 4.69) is 22.3 Å². The first-order chi connectivity index (χ1) is 15.9. The van der Waals surface area contributed by atoms with Gasteiger partial charge in [0.25, 0.3) is 0 Å². The third-order valence-corrected chi connectivity index (χ3v) is 5.42. The molecule has 1 atom stereocenters. The first kappa shape index (κ1) is 24.9. The van der Waals surface area contributed by atoms with E-state index in [1.54, 1.807) is 12.1 Å². The lowest BCUT2D eigenvalue weighted by Gasteiger charge is -2.35. The minimum Gasteiger partial charge on any atom is -0.493 e. The summed E-state index contributed by atoms with van der Waals surface area (Å²) in [4.78, 5) is 14.8. The molecule has 2 aromatic carbocycles. The van der Waals surface area contributed by atoms with Crippen LogP contribution in [0.25, 0.3) is 0 Å². The number of morpholine rings is 1. The third kappa shape index (κ3) is 7.94. The maximum Gasteiger partial charge on any atom is 0.422 e. The van der Waals surface area contributed by atoms with Crippen LogP contribution in [0.15, 0.2) is 48.5 Å².